The molecule has 1 aliphatic rings. The predicted octanol–water partition coefficient (Wildman–Crippen LogP) is 2.66. The minimum absolute atomic E-state index is 0.0213. The molecule has 0 saturated carbocycles. The van der Waals surface area contributed by atoms with Crippen molar-refractivity contribution in [2.24, 2.45) is 0 Å². The standard InChI is InChI=1S/C19H17FN4O2S/c20-13-7-2-1-6-12(13)15(23-9-3-4-10-23)16-18(25)24-19(27-16)21-17(22-24)14-8-5-11-26-14/h1-2,5-8,11,15,25H,3-4,9-10H2/p+1/t15-/m0/s1. The molecule has 0 unspecified atom stereocenters. The van der Waals surface area contributed by atoms with Crippen LogP contribution in [0.5, 0.6) is 5.88 Å². The molecule has 4 heterocycles. The Balaban J connectivity index is 1.63. The van der Waals surface area contributed by atoms with Gasteiger partial charge in [0.25, 0.3) is 0 Å². The van der Waals surface area contributed by atoms with Gasteiger partial charge in [-0.2, -0.15) is 9.50 Å². The van der Waals surface area contributed by atoms with Crippen molar-refractivity contribution in [3.63, 3.8) is 0 Å². The Bertz CT molecular complexity index is 1080. The van der Waals surface area contributed by atoms with Crippen LogP contribution in [0.25, 0.3) is 16.5 Å². The number of aromatic hydroxyl groups is 1. The van der Waals surface area contributed by atoms with Gasteiger partial charge in [0.2, 0.25) is 16.7 Å². The van der Waals surface area contributed by atoms with Crippen molar-refractivity contribution in [2.45, 2.75) is 18.9 Å². The number of fused-ring (bicyclic) bond motifs is 1. The number of hydrogen-bond donors (Lipinski definition) is 2. The Labute approximate surface area is 158 Å². The molecule has 0 radical (unpaired) electrons. The van der Waals surface area contributed by atoms with E-state index in [1.807, 2.05) is 6.07 Å². The summed E-state index contributed by atoms with van der Waals surface area (Å²) in [5.41, 5.74) is 0.598. The van der Waals surface area contributed by atoms with E-state index in [1.165, 1.54) is 26.8 Å². The lowest BCUT2D eigenvalue weighted by atomic mass is 10.0. The lowest BCUT2D eigenvalue weighted by molar-refractivity contribution is -0.913. The highest BCUT2D eigenvalue weighted by Gasteiger charge is 2.36. The van der Waals surface area contributed by atoms with Gasteiger partial charge < -0.3 is 14.4 Å². The van der Waals surface area contributed by atoms with Gasteiger partial charge in [0.15, 0.2) is 11.8 Å². The van der Waals surface area contributed by atoms with Crippen molar-refractivity contribution < 1.29 is 18.8 Å². The van der Waals surface area contributed by atoms with Crippen molar-refractivity contribution in [2.75, 3.05) is 13.1 Å². The number of aromatic nitrogens is 3. The van der Waals surface area contributed by atoms with Crippen LogP contribution in [-0.4, -0.2) is 32.8 Å². The summed E-state index contributed by atoms with van der Waals surface area (Å²) in [6, 6.07) is 10.1. The number of likely N-dealkylation sites (tertiary alicyclic amines) is 1. The summed E-state index contributed by atoms with van der Waals surface area (Å²) in [5, 5.41) is 15.3. The predicted molar refractivity (Wildman–Crippen MR) is 98.4 cm³/mol. The summed E-state index contributed by atoms with van der Waals surface area (Å²) >= 11 is 1.35. The quantitative estimate of drug-likeness (QED) is 0.567. The van der Waals surface area contributed by atoms with Gasteiger partial charge in [0.05, 0.1) is 24.9 Å². The number of halogens is 1. The molecule has 1 saturated heterocycles. The van der Waals surface area contributed by atoms with Crippen molar-refractivity contribution in [1.82, 2.24) is 14.6 Å². The van der Waals surface area contributed by atoms with Crippen LogP contribution < -0.4 is 4.90 Å². The molecule has 1 aliphatic heterocycles. The number of hydrogen-bond acceptors (Lipinski definition) is 5. The van der Waals surface area contributed by atoms with Crippen LogP contribution in [0.3, 0.4) is 0 Å². The summed E-state index contributed by atoms with van der Waals surface area (Å²) in [4.78, 5) is 6.99. The average Bonchev–Trinajstić information content (AvgIpc) is 3.44. The van der Waals surface area contributed by atoms with E-state index in [4.69, 9.17) is 4.42 Å². The molecule has 8 heteroatoms. The van der Waals surface area contributed by atoms with Gasteiger partial charge in [0, 0.05) is 12.8 Å². The van der Waals surface area contributed by atoms with Crippen molar-refractivity contribution >= 4 is 16.3 Å². The number of thiazole rings is 1. The summed E-state index contributed by atoms with van der Waals surface area (Å²) in [6.07, 6.45) is 3.76. The highest BCUT2D eigenvalue weighted by molar-refractivity contribution is 7.17. The zero-order valence-electron chi connectivity index (χ0n) is 14.4. The molecular weight excluding hydrogens is 367 g/mol. The van der Waals surface area contributed by atoms with Gasteiger partial charge in [-0.05, 0) is 24.3 Å². The molecular formula is C19H18FN4O2S+. The van der Waals surface area contributed by atoms with Crippen LogP contribution in [0.15, 0.2) is 47.1 Å². The first-order chi connectivity index (χ1) is 13.2. The normalized spacial score (nSPS) is 16.3. The second kappa shape index (κ2) is 6.47. The molecule has 4 aromatic rings. The summed E-state index contributed by atoms with van der Waals surface area (Å²) in [5.74, 6) is 0.733. The maximum atomic E-state index is 14.6. The fraction of sp³-hybridized carbons (Fsp3) is 0.263. The second-order valence-corrected chi connectivity index (χ2v) is 7.73. The van der Waals surface area contributed by atoms with E-state index in [0.29, 0.717) is 27.0 Å². The Hall–Kier alpha value is -2.71. The molecule has 1 aromatic carbocycles. The number of nitrogens with zero attached hydrogens (tertiary/aromatic N) is 3. The third-order valence-corrected chi connectivity index (χ3v) is 6.16. The van der Waals surface area contributed by atoms with E-state index in [1.54, 1.807) is 30.5 Å². The fourth-order valence-corrected chi connectivity index (χ4v) is 4.95. The largest absolute Gasteiger partial charge is 0.492 e. The SMILES string of the molecule is Oc1c([C@H](c2ccccc2F)[NH+]2CCCC2)sc2nc(-c3ccco3)nn12. The minimum atomic E-state index is -0.269. The van der Waals surface area contributed by atoms with Crippen molar-refractivity contribution in [3.05, 3.63) is 58.9 Å². The molecule has 0 bridgehead atoms. The Kier molecular flexibility index (Phi) is 3.95. The molecule has 5 rings (SSSR count). The lowest BCUT2D eigenvalue weighted by Gasteiger charge is -2.24. The lowest BCUT2D eigenvalue weighted by Crippen LogP contribution is -3.10. The first-order valence-corrected chi connectivity index (χ1v) is 9.75. The molecule has 3 aromatic heterocycles. The van der Waals surface area contributed by atoms with Gasteiger partial charge in [0.1, 0.15) is 10.7 Å². The van der Waals surface area contributed by atoms with E-state index in [-0.39, 0.29) is 17.7 Å². The van der Waals surface area contributed by atoms with Gasteiger partial charge in [-0.3, -0.25) is 0 Å². The molecule has 0 amide bonds. The Morgan fingerprint density at radius 3 is 2.70 bits per heavy atom. The van der Waals surface area contributed by atoms with Crippen LogP contribution in [-0.2, 0) is 0 Å². The summed E-state index contributed by atoms with van der Waals surface area (Å²) < 4.78 is 21.4. The number of benzene rings is 1. The molecule has 0 spiro atoms. The molecule has 27 heavy (non-hydrogen) atoms. The van der Waals surface area contributed by atoms with Gasteiger partial charge >= 0.3 is 0 Å². The summed E-state index contributed by atoms with van der Waals surface area (Å²) in [6.45, 7) is 1.90. The molecule has 1 fully saturated rings. The summed E-state index contributed by atoms with van der Waals surface area (Å²) in [7, 11) is 0. The van der Waals surface area contributed by atoms with Crippen LogP contribution in [0.4, 0.5) is 4.39 Å². The highest BCUT2D eigenvalue weighted by atomic mass is 32.1. The van der Waals surface area contributed by atoms with E-state index in [2.05, 4.69) is 10.1 Å². The molecule has 138 valence electrons. The van der Waals surface area contributed by atoms with E-state index < -0.39 is 0 Å². The van der Waals surface area contributed by atoms with Crippen LogP contribution in [0.1, 0.15) is 29.3 Å². The van der Waals surface area contributed by atoms with Crippen LogP contribution in [0.2, 0.25) is 0 Å². The zero-order valence-corrected chi connectivity index (χ0v) is 15.2. The highest BCUT2D eigenvalue weighted by Crippen LogP contribution is 2.36. The van der Waals surface area contributed by atoms with E-state index in [9.17, 15) is 9.50 Å². The number of nitrogens with one attached hydrogen (secondary N) is 1. The first kappa shape index (κ1) is 16.5. The molecule has 0 aliphatic carbocycles. The number of quaternary nitrogens is 1. The van der Waals surface area contributed by atoms with Crippen LogP contribution >= 0.6 is 11.3 Å². The van der Waals surface area contributed by atoms with Crippen molar-refractivity contribution in [3.8, 4) is 17.5 Å². The van der Waals surface area contributed by atoms with Crippen LogP contribution in [0, 0.1) is 5.82 Å². The molecule has 6 nitrogen and oxygen atoms in total. The number of furan rings is 1. The third kappa shape index (κ3) is 2.72. The van der Waals surface area contributed by atoms with Gasteiger partial charge in [-0.1, -0.05) is 23.5 Å². The molecule has 2 N–H and O–H groups in total. The van der Waals surface area contributed by atoms with Gasteiger partial charge in [-0.25, -0.2) is 4.39 Å². The van der Waals surface area contributed by atoms with E-state index in [0.717, 1.165) is 25.9 Å². The maximum Gasteiger partial charge on any atom is 0.235 e. The maximum absolute atomic E-state index is 14.6. The first-order valence-electron chi connectivity index (χ1n) is 8.93. The second-order valence-electron chi connectivity index (χ2n) is 6.72. The topological polar surface area (TPSA) is 68.0 Å². The number of rotatable bonds is 4. The zero-order chi connectivity index (χ0) is 18.4. The fourth-order valence-electron chi connectivity index (χ4n) is 3.82. The third-order valence-electron chi connectivity index (χ3n) is 5.07. The minimum Gasteiger partial charge on any atom is -0.492 e. The Morgan fingerprint density at radius 2 is 2.00 bits per heavy atom. The Morgan fingerprint density at radius 1 is 1.19 bits per heavy atom. The smallest absolute Gasteiger partial charge is 0.235 e. The van der Waals surface area contributed by atoms with E-state index >= 15 is 0 Å². The molecule has 1 atom stereocenters. The van der Waals surface area contributed by atoms with Crippen molar-refractivity contribution in [1.29, 1.82) is 0 Å². The monoisotopic (exact) mass is 385 g/mol. The average molecular weight is 385 g/mol. The van der Waals surface area contributed by atoms with Gasteiger partial charge in [-0.15, -0.1) is 5.10 Å².